The van der Waals surface area contributed by atoms with Crippen LogP contribution in [0.1, 0.15) is 50.3 Å². The third-order valence-corrected chi connectivity index (χ3v) is 6.20. The standard InChI is InChI=1S/C28H30F3N3O5/c1-5-34(6-2)26(37)24(25(36)33-21-10-8-9-20(15-21)28(29,30)31)23(19-13-11-18(16-32)12-14-19)22(17(4)35)27(38)39-7-3/h8-15,22-24H,5-7H2,1-4H3,(H,33,36). The highest BCUT2D eigenvalue weighted by molar-refractivity contribution is 6.09. The summed E-state index contributed by atoms with van der Waals surface area (Å²) in [6.45, 7) is 6.31. The topological polar surface area (TPSA) is 117 Å². The number of alkyl halides is 3. The third kappa shape index (κ3) is 7.66. The molecule has 0 aliphatic rings. The molecule has 0 radical (unpaired) electrons. The van der Waals surface area contributed by atoms with Gasteiger partial charge in [-0.3, -0.25) is 19.2 Å². The Bertz CT molecular complexity index is 1230. The van der Waals surface area contributed by atoms with Crippen molar-refractivity contribution in [1.82, 2.24) is 4.90 Å². The van der Waals surface area contributed by atoms with Gasteiger partial charge in [-0.15, -0.1) is 0 Å². The number of hydrogen-bond acceptors (Lipinski definition) is 6. The number of hydrogen-bond donors (Lipinski definition) is 1. The predicted octanol–water partition coefficient (Wildman–Crippen LogP) is 4.55. The number of benzene rings is 2. The normalized spacial score (nSPS) is 13.4. The largest absolute Gasteiger partial charge is 0.465 e. The van der Waals surface area contributed by atoms with E-state index in [1.807, 2.05) is 6.07 Å². The number of carbonyl (C=O) groups is 4. The van der Waals surface area contributed by atoms with Crippen LogP contribution in [0.15, 0.2) is 48.5 Å². The number of anilines is 1. The molecule has 0 heterocycles. The molecule has 8 nitrogen and oxygen atoms in total. The summed E-state index contributed by atoms with van der Waals surface area (Å²) in [5.41, 5.74) is -0.745. The summed E-state index contributed by atoms with van der Waals surface area (Å²) in [5, 5.41) is 11.6. The number of nitrogens with one attached hydrogen (secondary N) is 1. The molecule has 2 rings (SSSR count). The van der Waals surface area contributed by atoms with Crippen LogP contribution in [0, 0.1) is 23.2 Å². The summed E-state index contributed by atoms with van der Waals surface area (Å²) in [7, 11) is 0. The van der Waals surface area contributed by atoms with Gasteiger partial charge in [-0.1, -0.05) is 18.2 Å². The monoisotopic (exact) mass is 545 g/mol. The molecule has 1 N–H and O–H groups in total. The van der Waals surface area contributed by atoms with Crippen molar-refractivity contribution in [2.45, 2.75) is 39.8 Å². The van der Waals surface area contributed by atoms with Gasteiger partial charge < -0.3 is 15.0 Å². The van der Waals surface area contributed by atoms with E-state index >= 15 is 0 Å². The summed E-state index contributed by atoms with van der Waals surface area (Å²) in [6, 6.07) is 11.5. The molecule has 0 aliphatic heterocycles. The Morgan fingerprint density at radius 1 is 1.00 bits per heavy atom. The van der Waals surface area contributed by atoms with Gasteiger partial charge in [0.15, 0.2) is 0 Å². The second kappa shape index (κ2) is 13.6. The first kappa shape index (κ1) is 31.0. The van der Waals surface area contributed by atoms with Gasteiger partial charge in [0, 0.05) is 24.7 Å². The fourth-order valence-electron chi connectivity index (χ4n) is 4.31. The lowest BCUT2D eigenvalue weighted by molar-refractivity contribution is -0.154. The Morgan fingerprint density at radius 2 is 1.62 bits per heavy atom. The first-order chi connectivity index (χ1) is 18.4. The van der Waals surface area contributed by atoms with Gasteiger partial charge in [-0.25, -0.2) is 0 Å². The smallest absolute Gasteiger partial charge is 0.416 e. The van der Waals surface area contributed by atoms with Gasteiger partial charge in [-0.05, 0) is 63.6 Å². The minimum atomic E-state index is -4.67. The summed E-state index contributed by atoms with van der Waals surface area (Å²) >= 11 is 0. The van der Waals surface area contributed by atoms with Gasteiger partial charge in [0.2, 0.25) is 11.8 Å². The van der Waals surface area contributed by atoms with E-state index in [-0.39, 0.29) is 36.5 Å². The van der Waals surface area contributed by atoms with Crippen molar-refractivity contribution in [1.29, 1.82) is 5.26 Å². The predicted molar refractivity (Wildman–Crippen MR) is 136 cm³/mol. The van der Waals surface area contributed by atoms with Gasteiger partial charge in [0.1, 0.15) is 17.6 Å². The van der Waals surface area contributed by atoms with E-state index in [1.165, 1.54) is 42.2 Å². The highest BCUT2D eigenvalue weighted by Gasteiger charge is 2.47. The molecule has 0 saturated carbocycles. The van der Waals surface area contributed by atoms with E-state index in [1.54, 1.807) is 13.8 Å². The Kier molecular flexibility index (Phi) is 10.8. The number of amides is 2. The number of nitriles is 1. The van der Waals surface area contributed by atoms with Gasteiger partial charge >= 0.3 is 12.1 Å². The molecule has 3 atom stereocenters. The SMILES string of the molecule is CCOC(=O)C(C(C)=O)C(c1ccc(C#N)cc1)C(C(=O)Nc1cccc(C(F)(F)F)c1)C(=O)N(CC)CC. The maximum absolute atomic E-state index is 13.8. The number of ether oxygens (including phenoxy) is 1. The molecule has 3 unspecified atom stereocenters. The molecule has 0 bridgehead atoms. The number of ketones is 1. The van der Waals surface area contributed by atoms with Crippen LogP contribution in [0.5, 0.6) is 0 Å². The number of Topliss-reactive ketones (excluding diaryl/α,β-unsaturated/α-hetero) is 1. The lowest BCUT2D eigenvalue weighted by Crippen LogP contribution is -2.48. The number of rotatable bonds is 11. The van der Waals surface area contributed by atoms with Gasteiger partial charge in [-0.2, -0.15) is 18.4 Å². The van der Waals surface area contributed by atoms with Crippen LogP contribution in [0.3, 0.4) is 0 Å². The molecule has 2 amide bonds. The molecule has 0 aliphatic carbocycles. The maximum atomic E-state index is 13.8. The van der Waals surface area contributed by atoms with E-state index in [9.17, 15) is 37.6 Å². The van der Waals surface area contributed by atoms with Crippen LogP contribution in [-0.4, -0.2) is 48.2 Å². The lowest BCUT2D eigenvalue weighted by Gasteiger charge is -2.33. The minimum absolute atomic E-state index is 0.0756. The molecule has 11 heteroatoms. The van der Waals surface area contributed by atoms with Crippen LogP contribution >= 0.6 is 0 Å². The van der Waals surface area contributed by atoms with Crippen molar-refractivity contribution in [2.75, 3.05) is 25.0 Å². The molecule has 0 aromatic heterocycles. The Morgan fingerprint density at radius 3 is 2.10 bits per heavy atom. The summed E-state index contributed by atoms with van der Waals surface area (Å²) in [4.78, 5) is 54.7. The van der Waals surface area contributed by atoms with E-state index < -0.39 is 53.1 Å². The molecule has 0 fully saturated rings. The summed E-state index contributed by atoms with van der Waals surface area (Å²) in [5.74, 6) is -8.03. The van der Waals surface area contributed by atoms with Crippen molar-refractivity contribution >= 4 is 29.3 Å². The van der Waals surface area contributed by atoms with E-state index in [0.29, 0.717) is 0 Å². The van der Waals surface area contributed by atoms with Crippen molar-refractivity contribution in [3.8, 4) is 6.07 Å². The van der Waals surface area contributed by atoms with Gasteiger partial charge in [0.25, 0.3) is 0 Å². The van der Waals surface area contributed by atoms with Crippen LogP contribution in [0.4, 0.5) is 18.9 Å². The fraction of sp³-hybridized carbons (Fsp3) is 0.393. The molecular weight excluding hydrogens is 515 g/mol. The first-order valence-electron chi connectivity index (χ1n) is 12.3. The molecule has 208 valence electrons. The Labute approximate surface area is 224 Å². The molecule has 0 spiro atoms. The van der Waals surface area contributed by atoms with Crippen molar-refractivity contribution in [3.05, 3.63) is 65.2 Å². The average Bonchev–Trinajstić information content (AvgIpc) is 2.88. The molecule has 2 aromatic rings. The number of halogens is 3. The average molecular weight is 546 g/mol. The zero-order valence-electron chi connectivity index (χ0n) is 22.0. The van der Waals surface area contributed by atoms with Crippen LogP contribution in [0.25, 0.3) is 0 Å². The van der Waals surface area contributed by atoms with Crippen LogP contribution < -0.4 is 5.32 Å². The zero-order valence-corrected chi connectivity index (χ0v) is 22.0. The molecule has 2 aromatic carbocycles. The second-order valence-electron chi connectivity index (χ2n) is 8.66. The Balaban J connectivity index is 2.75. The van der Waals surface area contributed by atoms with Crippen molar-refractivity contribution in [3.63, 3.8) is 0 Å². The van der Waals surface area contributed by atoms with Crippen molar-refractivity contribution < 1.29 is 37.1 Å². The zero-order chi connectivity index (χ0) is 29.3. The van der Waals surface area contributed by atoms with Crippen LogP contribution in [-0.2, 0) is 30.1 Å². The lowest BCUT2D eigenvalue weighted by atomic mass is 9.73. The van der Waals surface area contributed by atoms with Gasteiger partial charge in [0.05, 0.1) is 23.8 Å². The summed E-state index contributed by atoms with van der Waals surface area (Å²) in [6.07, 6.45) is -4.67. The fourth-order valence-corrected chi connectivity index (χ4v) is 4.31. The number of nitrogens with zero attached hydrogens (tertiary/aromatic N) is 2. The third-order valence-electron chi connectivity index (χ3n) is 6.20. The minimum Gasteiger partial charge on any atom is -0.465 e. The number of esters is 1. The van der Waals surface area contributed by atoms with E-state index in [0.717, 1.165) is 25.1 Å². The quantitative estimate of drug-likeness (QED) is 0.327. The van der Waals surface area contributed by atoms with E-state index in [2.05, 4.69) is 5.32 Å². The Hall–Kier alpha value is -4.20. The van der Waals surface area contributed by atoms with Crippen molar-refractivity contribution in [2.24, 2.45) is 11.8 Å². The highest BCUT2D eigenvalue weighted by Crippen LogP contribution is 2.37. The molecule has 39 heavy (non-hydrogen) atoms. The van der Waals surface area contributed by atoms with E-state index in [4.69, 9.17) is 4.74 Å². The maximum Gasteiger partial charge on any atom is 0.416 e. The summed E-state index contributed by atoms with van der Waals surface area (Å²) < 4.78 is 44.9. The molecular formula is C28H30F3N3O5. The highest BCUT2D eigenvalue weighted by atomic mass is 19.4. The number of carbonyl (C=O) groups excluding carboxylic acids is 4. The first-order valence-corrected chi connectivity index (χ1v) is 12.3. The second-order valence-corrected chi connectivity index (χ2v) is 8.66. The molecule has 0 saturated heterocycles. The van der Waals surface area contributed by atoms with Crippen LogP contribution in [0.2, 0.25) is 0 Å².